The molecule has 1 heterocycles. The SMILES string of the molecule is CCOP(=O)(O)CC1OC(I)CC1O. The third-order valence-electron chi connectivity index (χ3n) is 1.92. The predicted octanol–water partition coefficient (Wildman–Crippen LogP) is 1.12. The fourth-order valence-corrected chi connectivity index (χ4v) is 3.52. The average Bonchev–Trinajstić information content (AvgIpc) is 2.28. The van der Waals surface area contributed by atoms with E-state index in [4.69, 9.17) is 9.26 Å². The maximum Gasteiger partial charge on any atom is 0.330 e. The van der Waals surface area contributed by atoms with E-state index >= 15 is 0 Å². The molecule has 0 amide bonds. The molecule has 0 bridgehead atoms. The van der Waals surface area contributed by atoms with Crippen LogP contribution in [0.5, 0.6) is 0 Å². The lowest BCUT2D eigenvalue weighted by Gasteiger charge is -2.17. The topological polar surface area (TPSA) is 76.0 Å². The van der Waals surface area contributed by atoms with Crippen molar-refractivity contribution in [2.24, 2.45) is 0 Å². The molecule has 0 saturated carbocycles. The zero-order chi connectivity index (χ0) is 10.8. The van der Waals surface area contributed by atoms with E-state index in [1.807, 2.05) is 22.6 Å². The van der Waals surface area contributed by atoms with Gasteiger partial charge in [0, 0.05) is 6.42 Å². The van der Waals surface area contributed by atoms with Gasteiger partial charge in [0.2, 0.25) is 0 Å². The van der Waals surface area contributed by atoms with E-state index in [1.165, 1.54) is 0 Å². The average molecular weight is 336 g/mol. The van der Waals surface area contributed by atoms with Crippen molar-refractivity contribution in [2.45, 2.75) is 29.7 Å². The predicted molar refractivity (Wildman–Crippen MR) is 59.6 cm³/mol. The monoisotopic (exact) mass is 336 g/mol. The Kier molecular flexibility index (Phi) is 4.80. The third-order valence-corrected chi connectivity index (χ3v) is 4.21. The highest BCUT2D eigenvalue weighted by molar-refractivity contribution is 14.1. The highest BCUT2D eigenvalue weighted by Gasteiger charge is 2.37. The molecular weight excluding hydrogens is 322 g/mol. The van der Waals surface area contributed by atoms with E-state index in [2.05, 4.69) is 0 Å². The van der Waals surface area contributed by atoms with Gasteiger partial charge >= 0.3 is 7.60 Å². The number of hydrogen-bond acceptors (Lipinski definition) is 4. The Morgan fingerprint density at radius 3 is 2.79 bits per heavy atom. The van der Waals surface area contributed by atoms with Crippen LogP contribution in [0.1, 0.15) is 13.3 Å². The smallest absolute Gasteiger partial charge is 0.330 e. The van der Waals surface area contributed by atoms with Crippen LogP contribution in [-0.4, -0.2) is 39.1 Å². The lowest BCUT2D eigenvalue weighted by Crippen LogP contribution is -2.25. The lowest BCUT2D eigenvalue weighted by atomic mass is 10.2. The molecular formula is C7H14IO5P. The quantitative estimate of drug-likeness (QED) is 0.457. The van der Waals surface area contributed by atoms with Crippen LogP contribution in [0.25, 0.3) is 0 Å². The number of halogens is 1. The van der Waals surface area contributed by atoms with Crippen molar-refractivity contribution < 1.29 is 23.8 Å². The van der Waals surface area contributed by atoms with E-state index in [9.17, 15) is 14.6 Å². The normalized spacial score (nSPS) is 37.0. The van der Waals surface area contributed by atoms with Gasteiger partial charge in [-0.25, -0.2) is 0 Å². The Bertz CT molecular complexity index is 236. The summed E-state index contributed by atoms with van der Waals surface area (Å²) in [4.78, 5) is 9.32. The summed E-state index contributed by atoms with van der Waals surface area (Å²) in [5.74, 6) is 0. The minimum atomic E-state index is -3.59. The van der Waals surface area contributed by atoms with Gasteiger partial charge in [0.25, 0.3) is 0 Å². The van der Waals surface area contributed by atoms with E-state index < -0.39 is 19.8 Å². The molecule has 0 spiro atoms. The highest BCUT2D eigenvalue weighted by Crippen LogP contribution is 2.45. The molecule has 0 aromatic rings. The van der Waals surface area contributed by atoms with Gasteiger partial charge in [-0.15, -0.1) is 0 Å². The number of hydrogen-bond donors (Lipinski definition) is 2. The van der Waals surface area contributed by atoms with Crippen molar-refractivity contribution in [1.29, 1.82) is 0 Å². The number of aliphatic hydroxyl groups is 1. The van der Waals surface area contributed by atoms with Crippen molar-refractivity contribution in [3.05, 3.63) is 0 Å². The first kappa shape index (κ1) is 12.9. The van der Waals surface area contributed by atoms with Gasteiger partial charge in [0.15, 0.2) is 0 Å². The van der Waals surface area contributed by atoms with Gasteiger partial charge in [0.05, 0.1) is 25.0 Å². The van der Waals surface area contributed by atoms with E-state index in [-0.39, 0.29) is 16.9 Å². The number of rotatable bonds is 4. The molecule has 0 aromatic carbocycles. The van der Waals surface area contributed by atoms with Crippen molar-refractivity contribution in [3.8, 4) is 0 Å². The number of ether oxygens (including phenoxy) is 1. The van der Waals surface area contributed by atoms with Crippen LogP contribution in [-0.2, 0) is 13.8 Å². The van der Waals surface area contributed by atoms with Crippen LogP contribution in [0.3, 0.4) is 0 Å². The van der Waals surface area contributed by atoms with Crippen molar-refractivity contribution in [2.75, 3.05) is 12.8 Å². The highest BCUT2D eigenvalue weighted by atomic mass is 127. The molecule has 1 aliphatic rings. The molecule has 1 fully saturated rings. The number of alkyl halides is 1. The summed E-state index contributed by atoms with van der Waals surface area (Å²) in [6.07, 6.45) is -0.893. The fourth-order valence-electron chi connectivity index (χ4n) is 1.32. The van der Waals surface area contributed by atoms with Crippen molar-refractivity contribution in [1.82, 2.24) is 0 Å². The van der Waals surface area contributed by atoms with E-state index in [0.29, 0.717) is 6.42 Å². The Hall–Kier alpha value is 0.800. The molecule has 1 aliphatic heterocycles. The van der Waals surface area contributed by atoms with Crippen LogP contribution in [0.4, 0.5) is 0 Å². The maximum atomic E-state index is 11.4. The third kappa shape index (κ3) is 3.75. The maximum absolute atomic E-state index is 11.4. The second-order valence-electron chi connectivity index (χ2n) is 3.13. The van der Waals surface area contributed by atoms with Crippen LogP contribution < -0.4 is 0 Å². The molecule has 4 atom stereocenters. The first-order valence-corrected chi connectivity index (χ1v) is 7.39. The van der Waals surface area contributed by atoms with Crippen molar-refractivity contribution >= 4 is 30.2 Å². The second-order valence-corrected chi connectivity index (χ2v) is 6.41. The first-order valence-electron chi connectivity index (χ1n) is 4.38. The molecule has 84 valence electrons. The standard InChI is InChI=1S/C7H14IO5P/c1-2-12-14(10,11)4-6-5(9)3-7(8)13-6/h5-7,9H,2-4H2,1H3,(H,10,11). The fraction of sp³-hybridized carbons (Fsp3) is 1.00. The molecule has 0 aromatic heterocycles. The minimum Gasteiger partial charge on any atom is -0.390 e. The van der Waals surface area contributed by atoms with Crippen LogP contribution in [0.15, 0.2) is 0 Å². The summed E-state index contributed by atoms with van der Waals surface area (Å²) in [7, 11) is -3.59. The summed E-state index contributed by atoms with van der Waals surface area (Å²) < 4.78 is 21.2. The van der Waals surface area contributed by atoms with Gasteiger partial charge in [-0.1, -0.05) is 22.6 Å². The van der Waals surface area contributed by atoms with E-state index in [0.717, 1.165) is 0 Å². The molecule has 14 heavy (non-hydrogen) atoms. The van der Waals surface area contributed by atoms with Crippen LogP contribution >= 0.6 is 30.2 Å². The van der Waals surface area contributed by atoms with Gasteiger partial charge in [-0.2, -0.15) is 0 Å². The van der Waals surface area contributed by atoms with Gasteiger partial charge in [0.1, 0.15) is 4.11 Å². The van der Waals surface area contributed by atoms with E-state index in [1.54, 1.807) is 6.92 Å². The van der Waals surface area contributed by atoms with Gasteiger partial charge in [-0.3, -0.25) is 4.57 Å². The minimum absolute atomic E-state index is 0.0887. The summed E-state index contributed by atoms with van der Waals surface area (Å²) in [5.41, 5.74) is 0. The first-order chi connectivity index (χ1) is 6.44. The molecule has 1 rings (SSSR count). The van der Waals surface area contributed by atoms with Gasteiger partial charge in [-0.05, 0) is 6.92 Å². The molecule has 1 saturated heterocycles. The second kappa shape index (κ2) is 5.23. The molecule has 0 aliphatic carbocycles. The number of aliphatic hydroxyl groups excluding tert-OH is 1. The Morgan fingerprint density at radius 2 is 2.36 bits per heavy atom. The molecule has 7 heteroatoms. The van der Waals surface area contributed by atoms with Crippen LogP contribution in [0.2, 0.25) is 0 Å². The van der Waals surface area contributed by atoms with Gasteiger partial charge < -0.3 is 19.3 Å². The van der Waals surface area contributed by atoms with Crippen LogP contribution in [0, 0.1) is 0 Å². The summed E-state index contributed by atoms with van der Waals surface area (Å²) in [6, 6.07) is 0. The molecule has 5 nitrogen and oxygen atoms in total. The summed E-state index contributed by atoms with van der Waals surface area (Å²) >= 11 is 2.04. The molecule has 4 unspecified atom stereocenters. The Morgan fingerprint density at radius 1 is 1.71 bits per heavy atom. The summed E-state index contributed by atoms with van der Waals surface area (Å²) in [5, 5.41) is 9.47. The largest absolute Gasteiger partial charge is 0.390 e. The molecule has 0 radical (unpaired) electrons. The van der Waals surface area contributed by atoms with Crippen molar-refractivity contribution in [3.63, 3.8) is 0 Å². The lowest BCUT2D eigenvalue weighted by molar-refractivity contribution is 0.0491. The zero-order valence-corrected chi connectivity index (χ0v) is 10.8. The Labute approximate surface area is 96.5 Å². The summed E-state index contributed by atoms with van der Waals surface area (Å²) in [6.45, 7) is 1.83. The Balaban J connectivity index is 2.48. The molecule has 2 N–H and O–H groups in total. The zero-order valence-electron chi connectivity index (χ0n) is 7.80.